The quantitative estimate of drug-likeness (QED) is 0.256. The fourth-order valence-corrected chi connectivity index (χ4v) is 3.90. The molecule has 2 atom stereocenters. The van der Waals surface area contributed by atoms with E-state index in [1.807, 2.05) is 0 Å². The highest BCUT2D eigenvalue weighted by atomic mass is 16.6. The van der Waals surface area contributed by atoms with Gasteiger partial charge in [0, 0.05) is 23.4 Å². The van der Waals surface area contributed by atoms with Crippen LogP contribution in [-0.4, -0.2) is 32.2 Å². The summed E-state index contributed by atoms with van der Waals surface area (Å²) in [6, 6.07) is 11.4. The first-order chi connectivity index (χ1) is 16.2. The van der Waals surface area contributed by atoms with Crippen molar-refractivity contribution in [3.05, 3.63) is 105 Å². The van der Waals surface area contributed by atoms with Crippen LogP contribution in [0.5, 0.6) is 5.75 Å². The zero-order chi connectivity index (χ0) is 25.0. The van der Waals surface area contributed by atoms with E-state index in [9.17, 15) is 35.0 Å². The van der Waals surface area contributed by atoms with Gasteiger partial charge in [0.1, 0.15) is 5.75 Å². The molecule has 4 N–H and O–H groups in total. The van der Waals surface area contributed by atoms with E-state index in [-0.39, 0.29) is 45.1 Å². The van der Waals surface area contributed by atoms with Crippen LogP contribution in [0.15, 0.2) is 83.4 Å². The number of nitrogens with zero attached hydrogens (tertiary/aromatic N) is 1. The van der Waals surface area contributed by atoms with Crippen molar-refractivity contribution in [1.29, 1.82) is 0 Å². The molecule has 1 heterocycles. The Balaban J connectivity index is 2.35. The van der Waals surface area contributed by atoms with Crippen molar-refractivity contribution in [2.24, 2.45) is 0 Å². The molecule has 0 aliphatic carbocycles. The third kappa shape index (κ3) is 4.60. The highest BCUT2D eigenvalue weighted by molar-refractivity contribution is 5.98. The van der Waals surface area contributed by atoms with Gasteiger partial charge in [0.05, 0.1) is 33.9 Å². The van der Waals surface area contributed by atoms with Crippen LogP contribution in [0, 0.1) is 10.1 Å². The summed E-state index contributed by atoms with van der Waals surface area (Å²) in [5, 5.41) is 44.7. The molecule has 10 heteroatoms. The zero-order valence-electron chi connectivity index (χ0n) is 18.3. The molecule has 2 aromatic rings. The van der Waals surface area contributed by atoms with Crippen LogP contribution < -0.4 is 5.32 Å². The van der Waals surface area contributed by atoms with Gasteiger partial charge in [0.15, 0.2) is 6.10 Å². The number of para-hydroxylation sites is 1. The number of hydrogen-bond donors (Lipinski definition) is 4. The van der Waals surface area contributed by atoms with Gasteiger partial charge in [-0.2, -0.15) is 0 Å². The highest BCUT2D eigenvalue weighted by Gasteiger charge is 2.41. The molecule has 10 nitrogen and oxygen atoms in total. The third-order valence-electron chi connectivity index (χ3n) is 5.30. The number of carbonyl (C=O) groups is 2. The molecule has 176 valence electrons. The summed E-state index contributed by atoms with van der Waals surface area (Å²) in [6.07, 6.45) is 1.74. The minimum atomic E-state index is -1.45. The van der Waals surface area contributed by atoms with E-state index in [1.54, 1.807) is 31.2 Å². The normalized spacial score (nSPS) is 16.8. The molecule has 0 bridgehead atoms. The molecule has 2 unspecified atom stereocenters. The molecule has 2 aromatic carbocycles. The number of phenols is 1. The van der Waals surface area contributed by atoms with Crippen molar-refractivity contribution in [1.82, 2.24) is 5.32 Å². The molecule has 0 fully saturated rings. The van der Waals surface area contributed by atoms with Gasteiger partial charge in [0.2, 0.25) is 0 Å². The van der Waals surface area contributed by atoms with E-state index in [0.29, 0.717) is 0 Å². The van der Waals surface area contributed by atoms with Crippen molar-refractivity contribution >= 4 is 17.6 Å². The number of nitro benzene ring substituents is 1. The summed E-state index contributed by atoms with van der Waals surface area (Å²) >= 11 is 0. The summed E-state index contributed by atoms with van der Waals surface area (Å²) in [4.78, 5) is 35.4. The van der Waals surface area contributed by atoms with Gasteiger partial charge in [-0.1, -0.05) is 36.4 Å². The lowest BCUT2D eigenvalue weighted by atomic mass is 9.78. The zero-order valence-corrected chi connectivity index (χ0v) is 18.3. The molecule has 0 radical (unpaired) electrons. The lowest BCUT2D eigenvalue weighted by molar-refractivity contribution is -0.384. The van der Waals surface area contributed by atoms with E-state index in [1.165, 1.54) is 37.5 Å². The van der Waals surface area contributed by atoms with Crippen molar-refractivity contribution in [2.75, 3.05) is 0 Å². The molecular formula is C24H22N2O8. The van der Waals surface area contributed by atoms with E-state index >= 15 is 0 Å². The second kappa shape index (κ2) is 9.90. The summed E-state index contributed by atoms with van der Waals surface area (Å²) in [7, 11) is 0. The number of benzene rings is 2. The van der Waals surface area contributed by atoms with Gasteiger partial charge < -0.3 is 25.4 Å². The molecule has 0 aromatic heterocycles. The number of hydrogen-bond acceptors (Lipinski definition) is 7. The Kier molecular flexibility index (Phi) is 7.01. The maximum absolute atomic E-state index is 12.6. The second-order valence-corrected chi connectivity index (χ2v) is 7.43. The number of ether oxygens (including phenoxy) is 1. The van der Waals surface area contributed by atoms with Gasteiger partial charge in [-0.3, -0.25) is 10.1 Å². The number of rotatable bonds is 8. The number of aromatic hydroxyl groups is 1. The lowest BCUT2D eigenvalue weighted by Gasteiger charge is -2.33. The minimum Gasteiger partial charge on any atom is -0.508 e. The molecule has 1 aliphatic rings. The standard InChI is InChI=1S/C24H22N2O8/c1-3-11-34-22(16-9-4-5-10-17(16)27)21-20(24(30)31)19(18(23(28)29)13(2)25-21)14-7-6-8-15(12-14)26(32)33/h3-12,19,22,25,27H,1-2H3,(H,28,29)(H,30,31). The monoisotopic (exact) mass is 466 g/mol. The predicted molar refractivity (Wildman–Crippen MR) is 121 cm³/mol. The Bertz CT molecular complexity index is 1250. The summed E-state index contributed by atoms with van der Waals surface area (Å²) in [6.45, 7) is 3.15. The van der Waals surface area contributed by atoms with Gasteiger partial charge in [-0.25, -0.2) is 9.59 Å². The molecule has 0 saturated heterocycles. The minimum absolute atomic E-state index is 0.00824. The van der Waals surface area contributed by atoms with Crippen LogP contribution in [-0.2, 0) is 14.3 Å². The third-order valence-corrected chi connectivity index (χ3v) is 5.30. The molecule has 34 heavy (non-hydrogen) atoms. The number of aliphatic carboxylic acids is 2. The van der Waals surface area contributed by atoms with Crippen LogP contribution in [0.1, 0.15) is 37.0 Å². The smallest absolute Gasteiger partial charge is 0.334 e. The fourth-order valence-electron chi connectivity index (χ4n) is 3.90. The van der Waals surface area contributed by atoms with E-state index in [4.69, 9.17) is 4.74 Å². The number of nitrogens with one attached hydrogen (secondary N) is 1. The molecule has 0 saturated carbocycles. The Hall–Kier alpha value is -4.60. The Morgan fingerprint density at radius 2 is 1.79 bits per heavy atom. The van der Waals surface area contributed by atoms with E-state index in [2.05, 4.69) is 5.32 Å². The summed E-state index contributed by atoms with van der Waals surface area (Å²) < 4.78 is 5.77. The van der Waals surface area contributed by atoms with Gasteiger partial charge in [0.25, 0.3) is 5.69 Å². The maximum Gasteiger partial charge on any atom is 0.334 e. The highest BCUT2D eigenvalue weighted by Crippen LogP contribution is 2.44. The number of carboxylic acids is 2. The van der Waals surface area contributed by atoms with Crippen molar-refractivity contribution in [2.45, 2.75) is 25.9 Å². The lowest BCUT2D eigenvalue weighted by Crippen LogP contribution is -2.34. The van der Waals surface area contributed by atoms with E-state index < -0.39 is 28.9 Å². The molecular weight excluding hydrogens is 444 g/mol. The molecule has 0 amide bonds. The fraction of sp³-hybridized carbons (Fsp3) is 0.167. The van der Waals surface area contributed by atoms with Crippen molar-refractivity contribution in [3.8, 4) is 5.75 Å². The first kappa shape index (κ1) is 24.1. The number of non-ortho nitro benzene ring substituents is 1. The summed E-state index contributed by atoms with van der Waals surface area (Å²) in [5.74, 6) is -4.34. The molecule has 3 rings (SSSR count). The molecule has 0 spiro atoms. The summed E-state index contributed by atoms with van der Waals surface area (Å²) in [5.41, 5.74) is -0.479. The number of dihydropyridines is 1. The number of carboxylic acid groups (broad SMARTS) is 2. The van der Waals surface area contributed by atoms with Crippen LogP contribution in [0.25, 0.3) is 0 Å². The Morgan fingerprint density at radius 3 is 2.38 bits per heavy atom. The first-order valence-corrected chi connectivity index (χ1v) is 10.1. The Labute approximate surface area is 194 Å². The number of phenolic OH excluding ortho intramolecular Hbond substituents is 1. The van der Waals surface area contributed by atoms with Crippen LogP contribution >= 0.6 is 0 Å². The van der Waals surface area contributed by atoms with Crippen molar-refractivity contribution in [3.63, 3.8) is 0 Å². The predicted octanol–water partition coefficient (Wildman–Crippen LogP) is 3.98. The van der Waals surface area contributed by atoms with Crippen LogP contribution in [0.4, 0.5) is 5.69 Å². The largest absolute Gasteiger partial charge is 0.508 e. The maximum atomic E-state index is 12.6. The van der Waals surface area contributed by atoms with Crippen molar-refractivity contribution < 1.29 is 34.6 Å². The topological polar surface area (TPSA) is 159 Å². The number of allylic oxidation sites excluding steroid dienone is 2. The first-order valence-electron chi connectivity index (χ1n) is 10.1. The van der Waals surface area contributed by atoms with Crippen LogP contribution in [0.3, 0.4) is 0 Å². The SMILES string of the molecule is CC=COC(C1=C(C(=O)O)C(c2cccc([N+](=O)[O-])c2)C(C(=O)O)=C(C)N1)c1ccccc1O. The van der Waals surface area contributed by atoms with Crippen LogP contribution in [0.2, 0.25) is 0 Å². The van der Waals surface area contributed by atoms with E-state index in [0.717, 1.165) is 6.07 Å². The average molecular weight is 466 g/mol. The second-order valence-electron chi connectivity index (χ2n) is 7.43. The van der Waals surface area contributed by atoms with Gasteiger partial charge in [-0.05, 0) is 25.5 Å². The van der Waals surface area contributed by atoms with Gasteiger partial charge in [-0.15, -0.1) is 0 Å². The average Bonchev–Trinajstić information content (AvgIpc) is 2.79. The molecule has 1 aliphatic heterocycles. The number of nitro groups is 1. The van der Waals surface area contributed by atoms with Gasteiger partial charge >= 0.3 is 11.9 Å². The Morgan fingerprint density at radius 1 is 1.12 bits per heavy atom.